The molecule has 0 heteroatoms. The minimum atomic E-state index is 0.433. The first-order valence-electron chi connectivity index (χ1n) is 4.18. The molecule has 1 rings (SSSR count). The van der Waals surface area contributed by atoms with E-state index >= 15 is 0 Å². The van der Waals surface area contributed by atoms with Gasteiger partial charge in [-0.25, -0.2) is 0 Å². The third-order valence-corrected chi connectivity index (χ3v) is 2.38. The summed E-state index contributed by atoms with van der Waals surface area (Å²) in [5.74, 6) is 1.70. The molecule has 0 aromatic rings. The largest absolute Gasteiger partial charge is 0.103 e. The Kier molecular flexibility index (Phi) is 1.89. The fourth-order valence-electron chi connectivity index (χ4n) is 1.71. The summed E-state index contributed by atoms with van der Waals surface area (Å²) in [5, 5.41) is 0. The van der Waals surface area contributed by atoms with Gasteiger partial charge in [0.15, 0.2) is 0 Å². The topological polar surface area (TPSA) is 0 Å². The maximum absolute atomic E-state index is 3.89. The van der Waals surface area contributed by atoms with Gasteiger partial charge in [-0.05, 0) is 30.1 Å². The zero-order chi connectivity index (χ0) is 7.78. The third kappa shape index (κ3) is 1.62. The maximum atomic E-state index is 3.89. The zero-order valence-electron chi connectivity index (χ0n) is 7.35. The molecule has 0 bridgehead atoms. The smallest absolute Gasteiger partial charge is 0.0159 e. The van der Waals surface area contributed by atoms with Gasteiger partial charge in [-0.3, -0.25) is 0 Å². The molecule has 10 heavy (non-hydrogen) atoms. The number of allylic oxidation sites excluding steroid dienone is 1. The Labute approximate surface area is 64.3 Å². The van der Waals surface area contributed by atoms with Crippen molar-refractivity contribution in [2.75, 3.05) is 0 Å². The van der Waals surface area contributed by atoms with Crippen LogP contribution in [0.2, 0.25) is 0 Å². The summed E-state index contributed by atoms with van der Waals surface area (Å²) in [7, 11) is 0. The van der Waals surface area contributed by atoms with Crippen molar-refractivity contribution in [3.63, 3.8) is 0 Å². The van der Waals surface area contributed by atoms with Crippen LogP contribution in [0.25, 0.3) is 0 Å². The molecule has 0 heterocycles. The molecule has 58 valence electrons. The molecule has 0 aliphatic heterocycles. The molecule has 0 radical (unpaired) electrons. The van der Waals surface area contributed by atoms with Gasteiger partial charge >= 0.3 is 0 Å². The Hall–Kier alpha value is -0.260. The lowest BCUT2D eigenvalue weighted by Crippen LogP contribution is -2.19. The lowest BCUT2D eigenvalue weighted by molar-refractivity contribution is 0.264. The Bertz CT molecular complexity index is 123. The van der Waals surface area contributed by atoms with Crippen LogP contribution >= 0.6 is 0 Å². The Morgan fingerprint density at radius 1 is 1.40 bits per heavy atom. The molecule has 1 unspecified atom stereocenters. The molecule has 1 saturated carbocycles. The van der Waals surface area contributed by atoms with Gasteiger partial charge in [-0.1, -0.05) is 26.8 Å². The molecular formula is C10H18. The fraction of sp³-hybridized carbons (Fsp3) is 0.800. The van der Waals surface area contributed by atoms with Gasteiger partial charge in [0, 0.05) is 0 Å². The SMILES string of the molecule is C=CC(C1CC1)C(C)(C)C. The highest BCUT2D eigenvalue weighted by molar-refractivity contribution is 4.97. The second-order valence-electron chi connectivity index (χ2n) is 4.46. The van der Waals surface area contributed by atoms with E-state index in [9.17, 15) is 0 Å². The average molecular weight is 138 g/mol. The third-order valence-electron chi connectivity index (χ3n) is 2.38. The standard InChI is InChI=1S/C10H18/c1-5-9(8-6-7-8)10(2,3)4/h5,8-9H,1,6-7H2,2-4H3. The summed E-state index contributed by atoms with van der Waals surface area (Å²) in [5.41, 5.74) is 0.433. The lowest BCUT2D eigenvalue weighted by atomic mass is 9.78. The molecule has 0 nitrogen and oxygen atoms in total. The summed E-state index contributed by atoms with van der Waals surface area (Å²) in [6.45, 7) is 10.8. The minimum absolute atomic E-state index is 0.433. The van der Waals surface area contributed by atoms with Gasteiger partial charge in [0.05, 0.1) is 0 Å². The van der Waals surface area contributed by atoms with Crippen LogP contribution in [0.1, 0.15) is 33.6 Å². The number of hydrogen-bond donors (Lipinski definition) is 0. The van der Waals surface area contributed by atoms with Crippen LogP contribution in [0.15, 0.2) is 12.7 Å². The Balaban J connectivity index is 2.54. The normalized spacial score (nSPS) is 22.3. The van der Waals surface area contributed by atoms with E-state index in [0.29, 0.717) is 5.41 Å². The highest BCUT2D eigenvalue weighted by Crippen LogP contribution is 2.45. The summed E-state index contributed by atoms with van der Waals surface area (Å²) in [6.07, 6.45) is 4.99. The zero-order valence-corrected chi connectivity index (χ0v) is 7.35. The molecule has 1 aliphatic rings. The van der Waals surface area contributed by atoms with E-state index < -0.39 is 0 Å². The van der Waals surface area contributed by atoms with Gasteiger partial charge in [0.25, 0.3) is 0 Å². The van der Waals surface area contributed by atoms with Crippen molar-refractivity contribution >= 4 is 0 Å². The second-order valence-corrected chi connectivity index (χ2v) is 4.46. The second kappa shape index (κ2) is 2.41. The van der Waals surface area contributed by atoms with Gasteiger partial charge in [-0.2, -0.15) is 0 Å². The van der Waals surface area contributed by atoms with Gasteiger partial charge in [0.2, 0.25) is 0 Å². The molecule has 0 saturated heterocycles. The first-order valence-corrected chi connectivity index (χ1v) is 4.18. The number of hydrogen-bond acceptors (Lipinski definition) is 0. The van der Waals surface area contributed by atoms with E-state index in [1.54, 1.807) is 0 Å². The first kappa shape index (κ1) is 7.84. The van der Waals surface area contributed by atoms with E-state index in [2.05, 4.69) is 33.4 Å². The molecule has 0 spiro atoms. The Morgan fingerprint density at radius 3 is 2.00 bits per heavy atom. The predicted molar refractivity (Wildman–Crippen MR) is 45.9 cm³/mol. The van der Waals surface area contributed by atoms with Crippen LogP contribution in [0, 0.1) is 17.3 Å². The van der Waals surface area contributed by atoms with Crippen molar-refractivity contribution in [2.24, 2.45) is 17.3 Å². The van der Waals surface area contributed by atoms with Gasteiger partial charge < -0.3 is 0 Å². The fourth-order valence-corrected chi connectivity index (χ4v) is 1.71. The molecule has 0 N–H and O–H groups in total. The summed E-state index contributed by atoms with van der Waals surface area (Å²) in [6, 6.07) is 0. The van der Waals surface area contributed by atoms with Crippen molar-refractivity contribution in [1.82, 2.24) is 0 Å². The molecule has 1 atom stereocenters. The van der Waals surface area contributed by atoms with Crippen LogP contribution in [-0.2, 0) is 0 Å². The lowest BCUT2D eigenvalue weighted by Gasteiger charge is -2.27. The van der Waals surface area contributed by atoms with Crippen molar-refractivity contribution in [3.05, 3.63) is 12.7 Å². The summed E-state index contributed by atoms with van der Waals surface area (Å²) in [4.78, 5) is 0. The van der Waals surface area contributed by atoms with Crippen LogP contribution in [0.5, 0.6) is 0 Å². The number of rotatable bonds is 2. The summed E-state index contributed by atoms with van der Waals surface area (Å²) >= 11 is 0. The van der Waals surface area contributed by atoms with Crippen molar-refractivity contribution < 1.29 is 0 Å². The van der Waals surface area contributed by atoms with Crippen molar-refractivity contribution in [3.8, 4) is 0 Å². The van der Waals surface area contributed by atoms with Crippen LogP contribution in [0.3, 0.4) is 0 Å². The minimum Gasteiger partial charge on any atom is -0.103 e. The van der Waals surface area contributed by atoms with Crippen LogP contribution in [0.4, 0.5) is 0 Å². The van der Waals surface area contributed by atoms with Crippen LogP contribution < -0.4 is 0 Å². The quantitative estimate of drug-likeness (QED) is 0.514. The molecule has 0 amide bonds. The van der Waals surface area contributed by atoms with E-state index in [4.69, 9.17) is 0 Å². The molecule has 0 aromatic carbocycles. The monoisotopic (exact) mass is 138 g/mol. The van der Waals surface area contributed by atoms with Crippen LogP contribution in [-0.4, -0.2) is 0 Å². The predicted octanol–water partition coefficient (Wildman–Crippen LogP) is 3.24. The summed E-state index contributed by atoms with van der Waals surface area (Å²) < 4.78 is 0. The molecule has 1 aliphatic carbocycles. The highest BCUT2D eigenvalue weighted by Gasteiger charge is 2.36. The van der Waals surface area contributed by atoms with E-state index in [0.717, 1.165) is 11.8 Å². The van der Waals surface area contributed by atoms with Gasteiger partial charge in [-0.15, -0.1) is 6.58 Å². The van der Waals surface area contributed by atoms with Crippen molar-refractivity contribution in [1.29, 1.82) is 0 Å². The van der Waals surface area contributed by atoms with Gasteiger partial charge in [0.1, 0.15) is 0 Å². The van der Waals surface area contributed by atoms with E-state index in [-0.39, 0.29) is 0 Å². The Morgan fingerprint density at radius 2 is 1.90 bits per heavy atom. The maximum Gasteiger partial charge on any atom is -0.0159 e. The van der Waals surface area contributed by atoms with E-state index in [1.165, 1.54) is 12.8 Å². The average Bonchev–Trinajstić information content (AvgIpc) is 2.46. The van der Waals surface area contributed by atoms with Crippen molar-refractivity contribution in [2.45, 2.75) is 33.6 Å². The molecule has 0 aromatic heterocycles. The van der Waals surface area contributed by atoms with E-state index in [1.807, 2.05) is 0 Å². The molecular weight excluding hydrogens is 120 g/mol. The first-order chi connectivity index (χ1) is 4.55. The molecule has 1 fully saturated rings. The highest BCUT2D eigenvalue weighted by atomic mass is 14.4.